The highest BCUT2D eigenvalue weighted by molar-refractivity contribution is 7.89. The van der Waals surface area contributed by atoms with Crippen molar-refractivity contribution in [3.8, 4) is 0 Å². The molecule has 0 radical (unpaired) electrons. The smallest absolute Gasteiger partial charge is 0.238 e. The minimum atomic E-state index is -3.67. The van der Waals surface area contributed by atoms with Crippen LogP contribution in [-0.4, -0.2) is 14.3 Å². The largest absolute Gasteiger partial charge is 0.350 e. The molecule has 1 aliphatic rings. The summed E-state index contributed by atoms with van der Waals surface area (Å²) in [6.07, 6.45) is 6.60. The number of primary sulfonamides is 1. The number of nitrogens with two attached hydrogens (primary N) is 1. The summed E-state index contributed by atoms with van der Waals surface area (Å²) in [6.45, 7) is 1.89. The monoisotopic (exact) mass is 324 g/mol. The number of carbonyl (C=O) groups is 1. The fourth-order valence-electron chi connectivity index (χ4n) is 2.98. The van der Waals surface area contributed by atoms with Crippen molar-refractivity contribution >= 4 is 15.9 Å². The molecule has 6 heteroatoms. The normalized spacial score (nSPS) is 17.9. The molecule has 5 nitrogen and oxygen atoms in total. The molecule has 0 heterocycles. The van der Waals surface area contributed by atoms with Gasteiger partial charge in [0.05, 0.1) is 10.9 Å². The van der Waals surface area contributed by atoms with Crippen molar-refractivity contribution in [3.63, 3.8) is 0 Å². The van der Waals surface area contributed by atoms with Gasteiger partial charge in [-0.1, -0.05) is 31.4 Å². The summed E-state index contributed by atoms with van der Waals surface area (Å²) in [7, 11) is -3.67. The highest BCUT2D eigenvalue weighted by atomic mass is 32.2. The van der Waals surface area contributed by atoms with Crippen LogP contribution in [0.15, 0.2) is 29.2 Å². The highest BCUT2D eigenvalue weighted by Gasteiger charge is 2.18. The lowest BCUT2D eigenvalue weighted by molar-refractivity contribution is -0.122. The second-order valence-corrected chi connectivity index (χ2v) is 7.67. The van der Waals surface area contributed by atoms with E-state index in [4.69, 9.17) is 5.14 Å². The molecule has 1 saturated carbocycles. The minimum absolute atomic E-state index is 0.0647. The van der Waals surface area contributed by atoms with Crippen LogP contribution < -0.4 is 10.5 Å². The summed E-state index contributed by atoms with van der Waals surface area (Å²) < 4.78 is 22.4. The fourth-order valence-corrected chi connectivity index (χ4v) is 3.50. The van der Waals surface area contributed by atoms with Gasteiger partial charge in [-0.2, -0.15) is 0 Å². The zero-order chi connectivity index (χ0) is 16.2. The van der Waals surface area contributed by atoms with Crippen LogP contribution in [0.2, 0.25) is 0 Å². The Kier molecular flexibility index (Phi) is 5.58. The van der Waals surface area contributed by atoms with Gasteiger partial charge < -0.3 is 5.32 Å². The van der Waals surface area contributed by atoms with Crippen molar-refractivity contribution in [1.29, 1.82) is 0 Å². The Morgan fingerprint density at radius 1 is 1.23 bits per heavy atom. The minimum Gasteiger partial charge on any atom is -0.350 e. The summed E-state index contributed by atoms with van der Waals surface area (Å²) in [5.41, 5.74) is 0.865. The summed E-state index contributed by atoms with van der Waals surface area (Å²) in [4.78, 5) is 12.2. The van der Waals surface area contributed by atoms with Crippen LogP contribution in [0.25, 0.3) is 0 Å². The topological polar surface area (TPSA) is 89.3 Å². The van der Waals surface area contributed by atoms with Gasteiger partial charge in [-0.15, -0.1) is 0 Å². The molecule has 2 rings (SSSR count). The number of rotatable bonds is 5. The first kappa shape index (κ1) is 17.0. The standard InChI is InChI=1S/C16H24N2O3S/c1-12(14-7-9-15(10-8-14)22(17,20)21)18-16(19)11-13-5-3-2-4-6-13/h7-10,12-13H,2-6,11H2,1H3,(H,18,19)(H2,17,20,21)/t12-/m1/s1. The molecule has 1 atom stereocenters. The molecular formula is C16H24N2O3S. The average Bonchev–Trinajstić information content (AvgIpc) is 2.47. The molecular weight excluding hydrogens is 300 g/mol. The molecule has 1 amide bonds. The van der Waals surface area contributed by atoms with E-state index in [1.165, 1.54) is 31.4 Å². The molecule has 0 unspecified atom stereocenters. The van der Waals surface area contributed by atoms with Crippen LogP contribution in [0.4, 0.5) is 0 Å². The summed E-state index contributed by atoms with van der Waals surface area (Å²) in [5.74, 6) is 0.570. The van der Waals surface area contributed by atoms with E-state index in [9.17, 15) is 13.2 Å². The third-order valence-electron chi connectivity index (χ3n) is 4.28. The molecule has 0 saturated heterocycles. The van der Waals surface area contributed by atoms with E-state index in [-0.39, 0.29) is 16.8 Å². The first-order valence-corrected chi connectivity index (χ1v) is 9.33. The molecule has 0 aliphatic heterocycles. The Morgan fingerprint density at radius 3 is 2.36 bits per heavy atom. The number of amides is 1. The second kappa shape index (κ2) is 7.24. The Balaban J connectivity index is 1.90. The summed E-state index contributed by atoms with van der Waals surface area (Å²) in [6, 6.07) is 6.16. The SMILES string of the molecule is C[C@@H](NC(=O)CC1CCCCC1)c1ccc(S(N)(=O)=O)cc1. The van der Waals surface area contributed by atoms with E-state index >= 15 is 0 Å². The lowest BCUT2D eigenvalue weighted by Crippen LogP contribution is -2.29. The van der Waals surface area contributed by atoms with Gasteiger partial charge in [-0.3, -0.25) is 4.79 Å². The van der Waals surface area contributed by atoms with Crippen molar-refractivity contribution < 1.29 is 13.2 Å². The highest BCUT2D eigenvalue weighted by Crippen LogP contribution is 2.26. The Morgan fingerprint density at radius 2 is 1.82 bits per heavy atom. The number of hydrogen-bond acceptors (Lipinski definition) is 3. The van der Waals surface area contributed by atoms with Gasteiger partial charge in [-0.05, 0) is 43.4 Å². The third kappa shape index (κ3) is 4.81. The molecule has 1 aliphatic carbocycles. The third-order valence-corrected chi connectivity index (χ3v) is 5.21. The molecule has 0 spiro atoms. The van der Waals surface area contributed by atoms with Gasteiger partial charge >= 0.3 is 0 Å². The van der Waals surface area contributed by atoms with Gasteiger partial charge in [0, 0.05) is 6.42 Å². The predicted octanol–water partition coefficient (Wildman–Crippen LogP) is 2.48. The van der Waals surface area contributed by atoms with E-state index in [1.54, 1.807) is 12.1 Å². The van der Waals surface area contributed by atoms with Crippen molar-refractivity contribution in [2.24, 2.45) is 11.1 Å². The number of carbonyl (C=O) groups excluding carboxylic acids is 1. The lowest BCUT2D eigenvalue weighted by atomic mass is 9.87. The van der Waals surface area contributed by atoms with Crippen LogP contribution in [0.3, 0.4) is 0 Å². The quantitative estimate of drug-likeness (QED) is 0.872. The fraction of sp³-hybridized carbons (Fsp3) is 0.562. The summed E-state index contributed by atoms with van der Waals surface area (Å²) in [5, 5.41) is 8.05. The first-order chi connectivity index (χ1) is 10.4. The average molecular weight is 324 g/mol. The molecule has 22 heavy (non-hydrogen) atoms. The van der Waals surface area contributed by atoms with Crippen molar-refractivity contribution in [2.75, 3.05) is 0 Å². The molecule has 122 valence electrons. The Bertz CT molecular complexity index is 605. The van der Waals surface area contributed by atoms with Crippen molar-refractivity contribution in [2.45, 2.75) is 56.4 Å². The Hall–Kier alpha value is -1.40. The molecule has 3 N–H and O–H groups in total. The molecule has 1 fully saturated rings. The maximum atomic E-state index is 12.1. The van der Waals surface area contributed by atoms with Gasteiger partial charge in [0.25, 0.3) is 0 Å². The zero-order valence-corrected chi connectivity index (χ0v) is 13.7. The van der Waals surface area contributed by atoms with Gasteiger partial charge in [0.1, 0.15) is 0 Å². The maximum Gasteiger partial charge on any atom is 0.238 e. The number of sulfonamides is 1. The van der Waals surface area contributed by atoms with E-state index in [2.05, 4.69) is 5.32 Å². The van der Waals surface area contributed by atoms with Gasteiger partial charge in [0.15, 0.2) is 0 Å². The molecule has 0 bridgehead atoms. The van der Waals surface area contributed by atoms with Crippen LogP contribution in [-0.2, 0) is 14.8 Å². The number of nitrogens with one attached hydrogen (secondary N) is 1. The predicted molar refractivity (Wildman–Crippen MR) is 85.6 cm³/mol. The van der Waals surface area contributed by atoms with Crippen LogP contribution in [0.1, 0.15) is 57.1 Å². The maximum absolute atomic E-state index is 12.1. The van der Waals surface area contributed by atoms with Crippen LogP contribution in [0.5, 0.6) is 0 Å². The molecule has 1 aromatic rings. The van der Waals surface area contributed by atoms with Gasteiger partial charge in [-0.25, -0.2) is 13.6 Å². The van der Waals surface area contributed by atoms with E-state index < -0.39 is 10.0 Å². The Labute approximate surface area is 132 Å². The molecule has 1 aromatic carbocycles. The number of benzene rings is 1. The first-order valence-electron chi connectivity index (χ1n) is 7.78. The second-order valence-electron chi connectivity index (χ2n) is 6.11. The van der Waals surface area contributed by atoms with Crippen LogP contribution in [0, 0.1) is 5.92 Å². The van der Waals surface area contributed by atoms with Crippen molar-refractivity contribution in [1.82, 2.24) is 5.32 Å². The van der Waals surface area contributed by atoms with E-state index in [1.807, 2.05) is 6.92 Å². The van der Waals surface area contributed by atoms with E-state index in [0.717, 1.165) is 18.4 Å². The summed E-state index contributed by atoms with van der Waals surface area (Å²) >= 11 is 0. The molecule has 0 aromatic heterocycles. The van der Waals surface area contributed by atoms with Gasteiger partial charge in [0.2, 0.25) is 15.9 Å². The lowest BCUT2D eigenvalue weighted by Gasteiger charge is -2.22. The number of hydrogen-bond donors (Lipinski definition) is 2. The van der Waals surface area contributed by atoms with Crippen LogP contribution >= 0.6 is 0 Å². The van der Waals surface area contributed by atoms with E-state index in [0.29, 0.717) is 12.3 Å². The van der Waals surface area contributed by atoms with Crippen molar-refractivity contribution in [3.05, 3.63) is 29.8 Å². The zero-order valence-electron chi connectivity index (χ0n) is 12.9.